The van der Waals surface area contributed by atoms with E-state index >= 15 is 0 Å². The Kier molecular flexibility index (Phi) is 5.38. The van der Waals surface area contributed by atoms with Gasteiger partial charge in [-0.25, -0.2) is 8.78 Å². The van der Waals surface area contributed by atoms with Crippen LogP contribution in [0.4, 0.5) is 8.78 Å². The number of furan rings is 1. The lowest BCUT2D eigenvalue weighted by atomic mass is 10.2. The SMILES string of the molecule is O=C(CCCc1nnc2c(=O)n(-c3ccc(F)c(F)c3)ccn12)NCc1ccco1. The molecule has 30 heavy (non-hydrogen) atoms. The van der Waals surface area contributed by atoms with Crippen LogP contribution in [0.15, 0.2) is 58.2 Å². The third-order valence-corrected chi connectivity index (χ3v) is 4.57. The van der Waals surface area contributed by atoms with Crippen LogP contribution in [0.25, 0.3) is 11.3 Å². The zero-order chi connectivity index (χ0) is 21.1. The second-order valence-electron chi connectivity index (χ2n) is 6.59. The zero-order valence-corrected chi connectivity index (χ0v) is 15.7. The summed E-state index contributed by atoms with van der Waals surface area (Å²) in [6.07, 6.45) is 5.77. The lowest BCUT2D eigenvalue weighted by Gasteiger charge is -2.07. The van der Waals surface area contributed by atoms with E-state index in [1.807, 2.05) is 0 Å². The van der Waals surface area contributed by atoms with Crippen molar-refractivity contribution in [3.63, 3.8) is 0 Å². The lowest BCUT2D eigenvalue weighted by Crippen LogP contribution is -2.22. The summed E-state index contributed by atoms with van der Waals surface area (Å²) in [6.45, 7) is 0.323. The molecule has 0 aliphatic carbocycles. The molecule has 0 saturated heterocycles. The van der Waals surface area contributed by atoms with Gasteiger partial charge in [0.25, 0.3) is 0 Å². The quantitative estimate of drug-likeness (QED) is 0.502. The standard InChI is InChI=1S/C20H17F2N5O3/c21-15-7-6-13(11-16(15)22)26-8-9-27-17(24-25-19(27)20(26)29)4-1-5-18(28)23-12-14-3-2-10-30-14/h2-3,6-11H,1,4-5,12H2,(H,23,28). The number of carbonyl (C=O) groups excluding carboxylic acids is 1. The molecule has 8 nitrogen and oxygen atoms in total. The van der Waals surface area contributed by atoms with Crippen molar-refractivity contribution in [3.8, 4) is 5.69 Å². The number of aryl methyl sites for hydroxylation is 1. The van der Waals surface area contributed by atoms with Gasteiger partial charge < -0.3 is 9.73 Å². The van der Waals surface area contributed by atoms with Crippen molar-refractivity contribution < 1.29 is 18.0 Å². The normalized spacial score (nSPS) is 11.1. The third kappa shape index (κ3) is 3.97. The number of halogens is 2. The van der Waals surface area contributed by atoms with Crippen molar-refractivity contribution in [2.24, 2.45) is 0 Å². The number of benzene rings is 1. The molecule has 0 saturated carbocycles. The van der Waals surface area contributed by atoms with Crippen molar-refractivity contribution in [2.45, 2.75) is 25.8 Å². The van der Waals surface area contributed by atoms with Gasteiger partial charge in [-0.2, -0.15) is 0 Å². The molecular formula is C20H17F2N5O3. The van der Waals surface area contributed by atoms with Gasteiger partial charge in [-0.05, 0) is 30.7 Å². The van der Waals surface area contributed by atoms with Crippen molar-refractivity contribution in [2.75, 3.05) is 0 Å². The first-order valence-electron chi connectivity index (χ1n) is 9.23. The van der Waals surface area contributed by atoms with E-state index in [1.165, 1.54) is 21.2 Å². The summed E-state index contributed by atoms with van der Waals surface area (Å²) in [5, 5.41) is 10.7. The molecule has 0 radical (unpaired) electrons. The van der Waals surface area contributed by atoms with E-state index in [1.54, 1.807) is 24.6 Å². The fraction of sp³-hybridized carbons (Fsp3) is 0.200. The number of hydrogen-bond acceptors (Lipinski definition) is 5. The number of carbonyl (C=O) groups is 1. The Morgan fingerprint density at radius 2 is 2.00 bits per heavy atom. The second kappa shape index (κ2) is 8.27. The molecule has 1 amide bonds. The Morgan fingerprint density at radius 3 is 2.77 bits per heavy atom. The maximum absolute atomic E-state index is 13.5. The number of hydrogen-bond donors (Lipinski definition) is 1. The molecule has 154 valence electrons. The van der Waals surface area contributed by atoms with E-state index in [2.05, 4.69) is 15.5 Å². The summed E-state index contributed by atoms with van der Waals surface area (Å²) in [5.74, 6) is -0.971. The molecule has 10 heteroatoms. The van der Waals surface area contributed by atoms with Crippen LogP contribution in [0.1, 0.15) is 24.4 Å². The molecule has 0 aliphatic rings. The fourth-order valence-corrected chi connectivity index (χ4v) is 3.04. The zero-order valence-electron chi connectivity index (χ0n) is 15.7. The molecule has 3 aromatic heterocycles. The summed E-state index contributed by atoms with van der Waals surface area (Å²) >= 11 is 0. The van der Waals surface area contributed by atoms with Gasteiger partial charge in [0.2, 0.25) is 11.6 Å². The minimum Gasteiger partial charge on any atom is -0.467 e. The van der Waals surface area contributed by atoms with Crippen molar-refractivity contribution in [1.29, 1.82) is 0 Å². The smallest absolute Gasteiger partial charge is 0.300 e. The van der Waals surface area contributed by atoms with Gasteiger partial charge >= 0.3 is 5.56 Å². The second-order valence-corrected chi connectivity index (χ2v) is 6.59. The maximum atomic E-state index is 13.5. The van der Waals surface area contributed by atoms with Crippen LogP contribution in [0, 0.1) is 11.6 Å². The summed E-state index contributed by atoms with van der Waals surface area (Å²) in [7, 11) is 0. The molecule has 0 atom stereocenters. The Morgan fingerprint density at radius 1 is 1.13 bits per heavy atom. The monoisotopic (exact) mass is 413 g/mol. The minimum absolute atomic E-state index is 0.0551. The molecule has 0 spiro atoms. The molecule has 0 fully saturated rings. The molecule has 1 aromatic carbocycles. The average molecular weight is 413 g/mol. The molecule has 4 aromatic rings. The van der Waals surface area contributed by atoms with Crippen molar-refractivity contribution >= 4 is 11.6 Å². The van der Waals surface area contributed by atoms with Crippen molar-refractivity contribution in [1.82, 2.24) is 24.5 Å². The highest BCUT2D eigenvalue weighted by Crippen LogP contribution is 2.12. The van der Waals surface area contributed by atoms with Crippen LogP contribution >= 0.6 is 0 Å². The third-order valence-electron chi connectivity index (χ3n) is 4.57. The highest BCUT2D eigenvalue weighted by Gasteiger charge is 2.13. The summed E-state index contributed by atoms with van der Waals surface area (Å²) in [5.41, 5.74) is -0.280. The molecule has 4 rings (SSSR count). The lowest BCUT2D eigenvalue weighted by molar-refractivity contribution is -0.121. The van der Waals surface area contributed by atoms with Crippen molar-refractivity contribution in [3.05, 3.63) is 82.6 Å². The predicted molar refractivity (Wildman–Crippen MR) is 102 cm³/mol. The molecule has 0 unspecified atom stereocenters. The minimum atomic E-state index is -1.05. The number of rotatable bonds is 7. The van der Waals surface area contributed by atoms with E-state index in [4.69, 9.17) is 4.42 Å². The van der Waals surface area contributed by atoms with Crippen LogP contribution < -0.4 is 10.9 Å². The topological polar surface area (TPSA) is 94.4 Å². The fourth-order valence-electron chi connectivity index (χ4n) is 3.04. The first kappa shape index (κ1) is 19.5. The Bertz CT molecular complexity index is 1250. The van der Waals surface area contributed by atoms with Crippen LogP contribution in [0.5, 0.6) is 0 Å². The van der Waals surface area contributed by atoms with Gasteiger partial charge in [-0.3, -0.25) is 18.6 Å². The number of amides is 1. The number of fused-ring (bicyclic) bond motifs is 1. The Balaban J connectivity index is 1.43. The van der Waals surface area contributed by atoms with Gasteiger partial charge in [0, 0.05) is 31.3 Å². The predicted octanol–water partition coefficient (Wildman–Crippen LogP) is 2.39. The molecule has 3 heterocycles. The van der Waals surface area contributed by atoms with Crippen LogP contribution in [-0.2, 0) is 17.8 Å². The highest BCUT2D eigenvalue weighted by molar-refractivity contribution is 5.75. The van der Waals surface area contributed by atoms with Crippen LogP contribution in [-0.4, -0.2) is 25.1 Å². The highest BCUT2D eigenvalue weighted by atomic mass is 19.2. The van der Waals surface area contributed by atoms with Gasteiger partial charge in [0.1, 0.15) is 11.6 Å². The summed E-state index contributed by atoms with van der Waals surface area (Å²) < 4.78 is 34.5. The van der Waals surface area contributed by atoms with Gasteiger partial charge in [0.05, 0.1) is 18.5 Å². The molecule has 1 N–H and O–H groups in total. The van der Waals surface area contributed by atoms with Gasteiger partial charge in [-0.15, -0.1) is 10.2 Å². The maximum Gasteiger partial charge on any atom is 0.300 e. The van der Waals surface area contributed by atoms with E-state index in [9.17, 15) is 18.4 Å². The number of aromatic nitrogens is 4. The molecular weight excluding hydrogens is 396 g/mol. The molecule has 0 bridgehead atoms. The summed E-state index contributed by atoms with van der Waals surface area (Å²) in [4.78, 5) is 24.6. The number of nitrogens with one attached hydrogen (secondary N) is 1. The number of nitrogens with zero attached hydrogens (tertiary/aromatic N) is 4. The van der Waals surface area contributed by atoms with E-state index < -0.39 is 17.2 Å². The van der Waals surface area contributed by atoms with E-state index in [-0.39, 0.29) is 23.7 Å². The first-order valence-corrected chi connectivity index (χ1v) is 9.23. The summed E-state index contributed by atoms with van der Waals surface area (Å²) in [6, 6.07) is 6.71. The van der Waals surface area contributed by atoms with Gasteiger partial charge in [-0.1, -0.05) is 0 Å². The van der Waals surface area contributed by atoms with Crippen LogP contribution in [0.2, 0.25) is 0 Å². The first-order chi connectivity index (χ1) is 14.5. The van der Waals surface area contributed by atoms with Crippen LogP contribution in [0.3, 0.4) is 0 Å². The van der Waals surface area contributed by atoms with E-state index in [0.29, 0.717) is 31.0 Å². The van der Waals surface area contributed by atoms with Gasteiger partial charge in [0.15, 0.2) is 11.6 Å². The largest absolute Gasteiger partial charge is 0.467 e. The average Bonchev–Trinajstić information content (AvgIpc) is 3.39. The molecule has 0 aliphatic heterocycles. The Labute approximate surface area is 168 Å². The van der Waals surface area contributed by atoms with E-state index in [0.717, 1.165) is 12.1 Å². The Hall–Kier alpha value is -3.82.